The molecular weight excluding hydrogens is 304 g/mol. The molecule has 2 atom stereocenters. The highest BCUT2D eigenvalue weighted by atomic mass is 16.4. The fourth-order valence-electron chi connectivity index (χ4n) is 3.24. The van der Waals surface area contributed by atoms with Gasteiger partial charge < -0.3 is 15.3 Å². The van der Waals surface area contributed by atoms with Gasteiger partial charge in [-0.2, -0.15) is 5.10 Å². The number of carbonyl (C=O) groups is 1. The number of nitrogens with one attached hydrogen (secondary N) is 1. The van der Waals surface area contributed by atoms with Gasteiger partial charge >= 0.3 is 6.09 Å². The highest BCUT2D eigenvalue weighted by molar-refractivity contribution is 5.70. The maximum atomic E-state index is 11.0. The van der Waals surface area contributed by atoms with Crippen LogP contribution in [0.25, 0.3) is 11.3 Å². The number of aromatic nitrogens is 2. The summed E-state index contributed by atoms with van der Waals surface area (Å²) in [6, 6.07) is 10.2. The van der Waals surface area contributed by atoms with E-state index in [1.807, 2.05) is 43.2 Å². The van der Waals surface area contributed by atoms with Gasteiger partial charge in [0.15, 0.2) is 0 Å². The predicted octanol–water partition coefficient (Wildman–Crippen LogP) is 2.62. The minimum atomic E-state index is -0.968. The van der Waals surface area contributed by atoms with Gasteiger partial charge in [0.1, 0.15) is 0 Å². The van der Waals surface area contributed by atoms with Gasteiger partial charge in [0.2, 0.25) is 0 Å². The number of hydrogen-bond acceptors (Lipinski definition) is 3. The van der Waals surface area contributed by atoms with E-state index < -0.39 is 6.09 Å². The third kappa shape index (κ3) is 3.49. The van der Waals surface area contributed by atoms with Gasteiger partial charge in [-0.05, 0) is 56.3 Å². The molecule has 2 aromatic rings. The van der Waals surface area contributed by atoms with Gasteiger partial charge in [-0.15, -0.1) is 0 Å². The largest absolute Gasteiger partial charge is 0.465 e. The van der Waals surface area contributed by atoms with E-state index in [1.54, 1.807) is 6.20 Å². The Kier molecular flexibility index (Phi) is 4.66. The van der Waals surface area contributed by atoms with Crippen LogP contribution in [0.3, 0.4) is 0 Å². The van der Waals surface area contributed by atoms with Crippen LogP contribution in [-0.2, 0) is 0 Å². The molecule has 0 aliphatic heterocycles. The van der Waals surface area contributed by atoms with Gasteiger partial charge in [0.25, 0.3) is 0 Å². The molecule has 6 nitrogen and oxygen atoms in total. The maximum Gasteiger partial charge on any atom is 0.404 e. The van der Waals surface area contributed by atoms with E-state index in [2.05, 4.69) is 33.5 Å². The minimum absolute atomic E-state index is 0.0875. The average Bonchev–Trinajstić information content (AvgIpc) is 3.09. The first-order valence-electron chi connectivity index (χ1n) is 8.00. The third-order valence-corrected chi connectivity index (χ3v) is 4.47. The van der Waals surface area contributed by atoms with Crippen molar-refractivity contribution >= 4 is 11.7 Å². The zero-order valence-electron chi connectivity index (χ0n) is 13.9. The lowest BCUT2D eigenvalue weighted by Crippen LogP contribution is -2.50. The molecule has 126 valence electrons. The van der Waals surface area contributed by atoms with Crippen LogP contribution < -0.4 is 5.32 Å². The SMILES string of the molecule is CN(C)[C@H]1CC(c2cccc(-n3cccn3)c2)=CC[C@@H]1NC(=O)O. The van der Waals surface area contributed by atoms with Crippen molar-refractivity contribution < 1.29 is 9.90 Å². The molecule has 0 unspecified atom stereocenters. The maximum absolute atomic E-state index is 11.0. The number of hydrogen-bond donors (Lipinski definition) is 2. The van der Waals surface area contributed by atoms with E-state index in [4.69, 9.17) is 5.11 Å². The number of carboxylic acid groups (broad SMARTS) is 1. The van der Waals surface area contributed by atoms with Crippen molar-refractivity contribution in [3.8, 4) is 5.69 Å². The summed E-state index contributed by atoms with van der Waals surface area (Å²) in [5.74, 6) is 0. The van der Waals surface area contributed by atoms with Crippen molar-refractivity contribution in [2.24, 2.45) is 0 Å². The van der Waals surface area contributed by atoms with Crippen molar-refractivity contribution in [2.45, 2.75) is 24.9 Å². The van der Waals surface area contributed by atoms with Crippen molar-refractivity contribution in [3.05, 3.63) is 54.4 Å². The van der Waals surface area contributed by atoms with E-state index >= 15 is 0 Å². The molecule has 24 heavy (non-hydrogen) atoms. The molecule has 0 saturated heterocycles. The smallest absolute Gasteiger partial charge is 0.404 e. The second kappa shape index (κ2) is 6.88. The van der Waals surface area contributed by atoms with Crippen LogP contribution in [0.5, 0.6) is 0 Å². The molecule has 0 fully saturated rings. The van der Waals surface area contributed by atoms with Crippen LogP contribution >= 0.6 is 0 Å². The lowest BCUT2D eigenvalue weighted by Gasteiger charge is -2.36. The summed E-state index contributed by atoms with van der Waals surface area (Å²) in [7, 11) is 3.98. The van der Waals surface area contributed by atoms with E-state index in [0.717, 1.165) is 17.7 Å². The molecule has 0 spiro atoms. The second-order valence-electron chi connectivity index (χ2n) is 6.26. The molecule has 1 aliphatic rings. The Hall–Kier alpha value is -2.60. The van der Waals surface area contributed by atoms with Crippen molar-refractivity contribution in [1.29, 1.82) is 0 Å². The quantitative estimate of drug-likeness (QED) is 0.906. The molecule has 3 rings (SSSR count). The summed E-state index contributed by atoms with van der Waals surface area (Å²) >= 11 is 0. The highest BCUT2D eigenvalue weighted by Gasteiger charge is 2.29. The highest BCUT2D eigenvalue weighted by Crippen LogP contribution is 2.30. The monoisotopic (exact) mass is 326 g/mol. The van der Waals surface area contributed by atoms with E-state index in [-0.39, 0.29) is 12.1 Å². The summed E-state index contributed by atoms with van der Waals surface area (Å²) in [5.41, 5.74) is 3.42. The van der Waals surface area contributed by atoms with Gasteiger partial charge in [-0.25, -0.2) is 9.48 Å². The van der Waals surface area contributed by atoms with Crippen molar-refractivity contribution in [2.75, 3.05) is 14.1 Å². The normalized spacial score (nSPS) is 20.7. The molecule has 1 heterocycles. The molecule has 1 amide bonds. The van der Waals surface area contributed by atoms with Gasteiger partial charge in [0, 0.05) is 18.4 Å². The van der Waals surface area contributed by atoms with Gasteiger partial charge in [-0.3, -0.25) is 0 Å². The van der Waals surface area contributed by atoms with E-state index in [1.165, 1.54) is 5.57 Å². The van der Waals surface area contributed by atoms with Crippen molar-refractivity contribution in [3.63, 3.8) is 0 Å². The molecule has 0 saturated carbocycles. The summed E-state index contributed by atoms with van der Waals surface area (Å²) in [6.45, 7) is 0. The molecule has 0 radical (unpaired) electrons. The van der Waals surface area contributed by atoms with E-state index in [9.17, 15) is 4.79 Å². The Balaban J connectivity index is 1.86. The number of likely N-dealkylation sites (N-methyl/N-ethyl adjacent to an activating group) is 1. The van der Waals surface area contributed by atoms with E-state index in [0.29, 0.717) is 6.42 Å². The minimum Gasteiger partial charge on any atom is -0.465 e. The molecule has 1 aromatic carbocycles. The van der Waals surface area contributed by atoms with Crippen LogP contribution in [0.15, 0.2) is 48.8 Å². The van der Waals surface area contributed by atoms with Crippen LogP contribution in [0, 0.1) is 0 Å². The zero-order chi connectivity index (χ0) is 17.1. The topological polar surface area (TPSA) is 70.4 Å². The van der Waals surface area contributed by atoms with Gasteiger partial charge in [0.05, 0.1) is 11.7 Å². The predicted molar refractivity (Wildman–Crippen MR) is 93.2 cm³/mol. The van der Waals surface area contributed by atoms with Gasteiger partial charge in [-0.1, -0.05) is 18.2 Å². The first-order chi connectivity index (χ1) is 11.5. The summed E-state index contributed by atoms with van der Waals surface area (Å²) in [4.78, 5) is 13.1. The Labute approximate surface area is 141 Å². The number of nitrogens with zero attached hydrogens (tertiary/aromatic N) is 3. The number of benzene rings is 1. The average molecular weight is 326 g/mol. The number of rotatable bonds is 4. The molecule has 0 bridgehead atoms. The molecule has 1 aliphatic carbocycles. The Morgan fingerprint density at radius 1 is 1.38 bits per heavy atom. The molecular formula is C18H22N4O2. The summed E-state index contributed by atoms with van der Waals surface area (Å²) in [5, 5.41) is 15.9. The van der Waals surface area contributed by atoms with Crippen molar-refractivity contribution in [1.82, 2.24) is 20.0 Å². The first kappa shape index (κ1) is 16.3. The lowest BCUT2D eigenvalue weighted by atomic mass is 9.86. The Morgan fingerprint density at radius 3 is 2.88 bits per heavy atom. The Bertz CT molecular complexity index is 737. The third-order valence-electron chi connectivity index (χ3n) is 4.47. The summed E-state index contributed by atoms with van der Waals surface area (Å²) < 4.78 is 1.84. The Morgan fingerprint density at radius 2 is 2.21 bits per heavy atom. The summed E-state index contributed by atoms with van der Waals surface area (Å²) in [6.07, 6.45) is 6.35. The number of amides is 1. The fourth-order valence-corrected chi connectivity index (χ4v) is 3.24. The van der Waals surface area contributed by atoms with Crippen LogP contribution in [0.2, 0.25) is 0 Å². The van der Waals surface area contributed by atoms with Crippen LogP contribution in [-0.4, -0.2) is 52.1 Å². The van der Waals surface area contributed by atoms with Crippen LogP contribution in [0.1, 0.15) is 18.4 Å². The van der Waals surface area contributed by atoms with Crippen LogP contribution in [0.4, 0.5) is 4.79 Å². The zero-order valence-corrected chi connectivity index (χ0v) is 13.9. The fraction of sp³-hybridized carbons (Fsp3) is 0.333. The first-order valence-corrected chi connectivity index (χ1v) is 8.00. The molecule has 6 heteroatoms. The molecule has 2 N–H and O–H groups in total. The lowest BCUT2D eigenvalue weighted by molar-refractivity contribution is 0.172. The molecule has 1 aromatic heterocycles. The standard InChI is InChI=1S/C18H22N4O2/c1-21(2)17-12-14(7-8-16(17)20-18(23)24)13-5-3-6-15(11-13)22-10-4-9-19-22/h3-7,9-11,16-17,20H,8,12H2,1-2H3,(H,23,24)/t16-,17-/m0/s1. The second-order valence-corrected chi connectivity index (χ2v) is 6.26.